The summed E-state index contributed by atoms with van der Waals surface area (Å²) in [5.41, 5.74) is 0.717. The van der Waals surface area contributed by atoms with Gasteiger partial charge in [-0.15, -0.1) is 0 Å². The molecule has 0 atom stereocenters. The van der Waals surface area contributed by atoms with E-state index in [1.165, 1.54) is 31.2 Å². The topological polar surface area (TPSA) is 63.6 Å². The molecule has 106 valence electrons. The molecular weight excluding hydrogens is 263 g/mol. The fraction of sp³-hybridized carbons (Fsp3) is 0.200. The molecular formula is C15H15FO4. The molecule has 0 bridgehead atoms. The normalized spacial score (nSPS) is 11.0. The van der Waals surface area contributed by atoms with Gasteiger partial charge in [-0.2, -0.15) is 0 Å². The highest BCUT2D eigenvalue weighted by Gasteiger charge is 2.10. The Morgan fingerprint density at radius 1 is 1.45 bits per heavy atom. The zero-order valence-electron chi connectivity index (χ0n) is 11.1. The number of esters is 1. The molecule has 0 amide bonds. The van der Waals surface area contributed by atoms with Crippen LogP contribution in [0.3, 0.4) is 0 Å². The molecule has 1 N–H and O–H groups in total. The first kappa shape index (κ1) is 15.6. The number of carbonyl (C=O) groups is 2. The Bertz CT molecular complexity index is 561. The predicted molar refractivity (Wildman–Crippen MR) is 72.4 cm³/mol. The van der Waals surface area contributed by atoms with Gasteiger partial charge in [0.15, 0.2) is 0 Å². The number of hydrogen-bond donors (Lipinski definition) is 1. The minimum atomic E-state index is -1.14. The third-order valence-corrected chi connectivity index (χ3v) is 2.42. The summed E-state index contributed by atoms with van der Waals surface area (Å²) >= 11 is 0. The van der Waals surface area contributed by atoms with Gasteiger partial charge in [0.2, 0.25) is 0 Å². The molecule has 0 aliphatic rings. The van der Waals surface area contributed by atoms with Crippen molar-refractivity contribution >= 4 is 18.0 Å². The lowest BCUT2D eigenvalue weighted by molar-refractivity contribution is -0.139. The van der Waals surface area contributed by atoms with E-state index in [-0.39, 0.29) is 24.2 Å². The second-order valence-corrected chi connectivity index (χ2v) is 4.20. The van der Waals surface area contributed by atoms with Gasteiger partial charge < -0.3 is 9.84 Å². The number of rotatable bonds is 6. The third kappa shape index (κ3) is 5.06. The van der Waals surface area contributed by atoms with Crippen molar-refractivity contribution < 1.29 is 23.8 Å². The number of carboxylic acid groups (broad SMARTS) is 1. The van der Waals surface area contributed by atoms with Gasteiger partial charge in [0.05, 0.1) is 6.61 Å². The Kier molecular flexibility index (Phi) is 5.65. The molecule has 0 unspecified atom stereocenters. The van der Waals surface area contributed by atoms with Crippen molar-refractivity contribution in [2.75, 3.05) is 6.61 Å². The molecule has 0 heterocycles. The molecule has 0 radical (unpaired) electrons. The Hall–Kier alpha value is -2.43. The number of ether oxygens (including phenoxy) is 1. The molecule has 1 aromatic carbocycles. The van der Waals surface area contributed by atoms with E-state index in [0.29, 0.717) is 5.56 Å². The maximum Gasteiger partial charge on any atom is 0.333 e. The van der Waals surface area contributed by atoms with E-state index >= 15 is 0 Å². The van der Waals surface area contributed by atoms with Gasteiger partial charge in [-0.25, -0.2) is 14.0 Å². The Morgan fingerprint density at radius 3 is 2.70 bits per heavy atom. The van der Waals surface area contributed by atoms with Crippen molar-refractivity contribution in [2.24, 2.45) is 0 Å². The molecule has 20 heavy (non-hydrogen) atoms. The highest BCUT2D eigenvalue weighted by molar-refractivity contribution is 5.92. The van der Waals surface area contributed by atoms with E-state index in [2.05, 4.69) is 6.58 Å². The van der Waals surface area contributed by atoms with Crippen LogP contribution in [0.2, 0.25) is 0 Å². The molecule has 0 aromatic heterocycles. The highest BCUT2D eigenvalue weighted by Crippen LogP contribution is 2.12. The highest BCUT2D eigenvalue weighted by atomic mass is 19.1. The van der Waals surface area contributed by atoms with Gasteiger partial charge in [0.1, 0.15) is 5.82 Å². The summed E-state index contributed by atoms with van der Waals surface area (Å²) in [6.45, 7) is 4.85. The maximum absolute atomic E-state index is 13.0. The summed E-state index contributed by atoms with van der Waals surface area (Å²) in [6, 6.07) is 5.57. The van der Waals surface area contributed by atoms with Gasteiger partial charge in [0, 0.05) is 17.6 Å². The zero-order chi connectivity index (χ0) is 15.1. The summed E-state index contributed by atoms with van der Waals surface area (Å²) in [5.74, 6) is -2.15. The minimum Gasteiger partial charge on any atom is -0.478 e. The van der Waals surface area contributed by atoms with E-state index in [0.717, 1.165) is 0 Å². The van der Waals surface area contributed by atoms with E-state index in [4.69, 9.17) is 9.84 Å². The molecule has 5 heteroatoms. The van der Waals surface area contributed by atoms with Crippen LogP contribution in [0.25, 0.3) is 6.08 Å². The molecule has 1 rings (SSSR count). The van der Waals surface area contributed by atoms with E-state index in [1.54, 1.807) is 6.07 Å². The number of aliphatic carboxylic acids is 1. The molecule has 0 saturated heterocycles. The second kappa shape index (κ2) is 7.23. The van der Waals surface area contributed by atoms with Crippen LogP contribution >= 0.6 is 0 Å². The van der Waals surface area contributed by atoms with Crippen LogP contribution in [-0.2, 0) is 14.3 Å². The number of hydrogen-bond acceptors (Lipinski definition) is 3. The van der Waals surface area contributed by atoms with Crippen molar-refractivity contribution in [1.29, 1.82) is 0 Å². The van der Waals surface area contributed by atoms with Gasteiger partial charge in [-0.3, -0.25) is 0 Å². The Labute approximate surface area is 116 Å². The minimum absolute atomic E-state index is 0.0325. The SMILES string of the molecule is C=C(C)C(=O)OCCC(=Cc1cccc(F)c1)C(=O)O. The van der Waals surface area contributed by atoms with Crippen LogP contribution in [0.15, 0.2) is 42.0 Å². The smallest absolute Gasteiger partial charge is 0.333 e. The fourth-order valence-corrected chi connectivity index (χ4v) is 1.42. The number of carbonyl (C=O) groups excluding carboxylic acids is 1. The van der Waals surface area contributed by atoms with E-state index in [1.807, 2.05) is 0 Å². The monoisotopic (exact) mass is 278 g/mol. The number of halogens is 1. The molecule has 0 fully saturated rings. The van der Waals surface area contributed by atoms with Crippen molar-refractivity contribution in [2.45, 2.75) is 13.3 Å². The zero-order valence-corrected chi connectivity index (χ0v) is 11.1. The Balaban J connectivity index is 2.72. The van der Waals surface area contributed by atoms with Gasteiger partial charge in [-0.05, 0) is 30.7 Å². The van der Waals surface area contributed by atoms with Crippen molar-refractivity contribution in [1.82, 2.24) is 0 Å². The molecule has 0 saturated carbocycles. The van der Waals surface area contributed by atoms with Crippen molar-refractivity contribution in [3.8, 4) is 0 Å². The summed E-state index contributed by atoms with van der Waals surface area (Å²) in [6.07, 6.45) is 1.38. The average Bonchev–Trinajstić information content (AvgIpc) is 2.37. The van der Waals surface area contributed by atoms with Crippen LogP contribution in [0.5, 0.6) is 0 Å². The lowest BCUT2D eigenvalue weighted by Crippen LogP contribution is -2.09. The van der Waals surface area contributed by atoms with Crippen LogP contribution in [0.4, 0.5) is 4.39 Å². The quantitative estimate of drug-likeness (QED) is 0.642. The third-order valence-electron chi connectivity index (χ3n) is 2.42. The Morgan fingerprint density at radius 2 is 2.15 bits per heavy atom. The summed E-state index contributed by atoms with van der Waals surface area (Å²) in [5, 5.41) is 9.06. The summed E-state index contributed by atoms with van der Waals surface area (Å²) in [7, 11) is 0. The number of carboxylic acids is 1. The van der Waals surface area contributed by atoms with Gasteiger partial charge in [0.25, 0.3) is 0 Å². The van der Waals surface area contributed by atoms with E-state index < -0.39 is 17.8 Å². The van der Waals surface area contributed by atoms with Crippen LogP contribution in [0, 0.1) is 5.82 Å². The summed E-state index contributed by atoms with van der Waals surface area (Å²) in [4.78, 5) is 22.2. The predicted octanol–water partition coefficient (Wildman–Crippen LogP) is 2.80. The molecule has 1 aromatic rings. The van der Waals surface area contributed by atoms with Crippen LogP contribution in [0.1, 0.15) is 18.9 Å². The molecule has 0 aliphatic heterocycles. The standard InChI is InChI=1S/C15H15FO4/c1-10(2)15(19)20-7-6-12(14(17)18)8-11-4-3-5-13(16)9-11/h3-5,8-9H,1,6-7H2,2H3,(H,17,18). The van der Waals surface area contributed by atoms with Gasteiger partial charge in [-0.1, -0.05) is 18.7 Å². The molecule has 0 spiro atoms. The molecule has 4 nitrogen and oxygen atoms in total. The number of benzene rings is 1. The lowest BCUT2D eigenvalue weighted by atomic mass is 10.1. The van der Waals surface area contributed by atoms with Crippen LogP contribution < -0.4 is 0 Å². The largest absolute Gasteiger partial charge is 0.478 e. The van der Waals surface area contributed by atoms with E-state index in [9.17, 15) is 14.0 Å². The van der Waals surface area contributed by atoms with Crippen molar-refractivity contribution in [3.63, 3.8) is 0 Å². The first-order valence-electron chi connectivity index (χ1n) is 5.92. The first-order valence-corrected chi connectivity index (χ1v) is 5.92. The second-order valence-electron chi connectivity index (χ2n) is 4.20. The molecule has 0 aliphatic carbocycles. The fourth-order valence-electron chi connectivity index (χ4n) is 1.42. The van der Waals surface area contributed by atoms with Gasteiger partial charge >= 0.3 is 11.9 Å². The lowest BCUT2D eigenvalue weighted by Gasteiger charge is -2.05. The maximum atomic E-state index is 13.0. The summed E-state index contributed by atoms with van der Waals surface area (Å²) < 4.78 is 17.8. The van der Waals surface area contributed by atoms with Crippen LogP contribution in [-0.4, -0.2) is 23.7 Å². The average molecular weight is 278 g/mol. The first-order chi connectivity index (χ1) is 9.40. The van der Waals surface area contributed by atoms with Crippen molar-refractivity contribution in [3.05, 3.63) is 53.4 Å².